The zero-order chi connectivity index (χ0) is 15.4. The highest BCUT2D eigenvalue weighted by molar-refractivity contribution is 5.94. The molecule has 1 heterocycles. The minimum Gasteiger partial charge on any atom is -0.481 e. The molecule has 0 saturated carbocycles. The minimum absolute atomic E-state index is 0.0165. The van der Waals surface area contributed by atoms with Gasteiger partial charge in [-0.3, -0.25) is 9.59 Å². The molecule has 0 aliphatic carbocycles. The Morgan fingerprint density at radius 1 is 1.43 bits per heavy atom. The first-order chi connectivity index (χ1) is 9.99. The fourth-order valence-electron chi connectivity index (χ4n) is 2.44. The number of ketones is 1. The number of carbonyl (C=O) groups is 2. The molecule has 1 aromatic carbocycles. The van der Waals surface area contributed by atoms with Gasteiger partial charge in [-0.1, -0.05) is 12.1 Å². The second-order valence-corrected chi connectivity index (χ2v) is 5.43. The van der Waals surface area contributed by atoms with Gasteiger partial charge in [0.2, 0.25) is 0 Å². The quantitative estimate of drug-likeness (QED) is 0.853. The average Bonchev–Trinajstić information content (AvgIpc) is 2.47. The maximum Gasteiger partial charge on any atom is 0.263 e. The molecular weight excluding hydrogens is 268 g/mol. The van der Waals surface area contributed by atoms with Gasteiger partial charge in [-0.15, -0.1) is 0 Å². The van der Waals surface area contributed by atoms with E-state index >= 15 is 0 Å². The molecule has 5 heteroatoms. The predicted molar refractivity (Wildman–Crippen MR) is 80.6 cm³/mol. The standard InChI is InChI=1S/C16H22N2O3/c1-11-10-17-7-8-18(11)16(20)13(3)21-15-6-4-5-14(9-15)12(2)19/h4-6,9,11,13,17H,7-8,10H2,1-3H3. The number of hydrogen-bond acceptors (Lipinski definition) is 4. The molecule has 2 atom stereocenters. The van der Waals surface area contributed by atoms with Crippen molar-refractivity contribution in [2.75, 3.05) is 19.6 Å². The number of nitrogens with zero attached hydrogens (tertiary/aromatic N) is 1. The molecule has 0 radical (unpaired) electrons. The SMILES string of the molecule is CC(=O)c1cccc(OC(C)C(=O)N2CCNCC2C)c1. The molecule has 21 heavy (non-hydrogen) atoms. The number of rotatable bonds is 4. The summed E-state index contributed by atoms with van der Waals surface area (Å²) in [5.41, 5.74) is 0.586. The molecule has 1 aromatic rings. The van der Waals surface area contributed by atoms with Gasteiger partial charge >= 0.3 is 0 Å². The van der Waals surface area contributed by atoms with E-state index in [0.717, 1.165) is 13.1 Å². The number of benzene rings is 1. The Morgan fingerprint density at radius 2 is 2.19 bits per heavy atom. The molecule has 1 aliphatic rings. The van der Waals surface area contributed by atoms with Gasteiger partial charge in [0.1, 0.15) is 5.75 Å². The molecule has 1 amide bonds. The number of ether oxygens (including phenoxy) is 1. The Bertz CT molecular complexity index is 530. The van der Waals surface area contributed by atoms with Crippen LogP contribution in [0.25, 0.3) is 0 Å². The van der Waals surface area contributed by atoms with Gasteiger partial charge in [0.25, 0.3) is 5.91 Å². The molecule has 1 aliphatic heterocycles. The third kappa shape index (κ3) is 3.82. The van der Waals surface area contributed by atoms with Crippen LogP contribution in [0.15, 0.2) is 24.3 Å². The Kier molecular flexibility index (Phi) is 4.96. The second-order valence-electron chi connectivity index (χ2n) is 5.43. The number of Topliss-reactive ketones (excluding diaryl/α,β-unsaturated/α-hetero) is 1. The molecule has 2 rings (SSSR count). The minimum atomic E-state index is -0.562. The van der Waals surface area contributed by atoms with E-state index < -0.39 is 6.10 Å². The average molecular weight is 290 g/mol. The van der Waals surface area contributed by atoms with Crippen LogP contribution < -0.4 is 10.1 Å². The molecule has 2 unspecified atom stereocenters. The molecular formula is C16H22N2O3. The lowest BCUT2D eigenvalue weighted by molar-refractivity contribution is -0.140. The predicted octanol–water partition coefficient (Wildman–Crippen LogP) is 1.48. The maximum absolute atomic E-state index is 12.4. The Hall–Kier alpha value is -1.88. The van der Waals surface area contributed by atoms with Gasteiger partial charge in [0, 0.05) is 31.2 Å². The van der Waals surface area contributed by atoms with Crippen LogP contribution in [0.4, 0.5) is 0 Å². The number of nitrogens with one attached hydrogen (secondary N) is 1. The van der Waals surface area contributed by atoms with Crippen LogP contribution in [-0.2, 0) is 4.79 Å². The molecule has 1 fully saturated rings. The second kappa shape index (κ2) is 6.72. The van der Waals surface area contributed by atoms with Crippen LogP contribution in [0, 0.1) is 0 Å². The van der Waals surface area contributed by atoms with Crippen molar-refractivity contribution in [2.24, 2.45) is 0 Å². The van der Waals surface area contributed by atoms with Crippen LogP contribution in [0.3, 0.4) is 0 Å². The van der Waals surface area contributed by atoms with Crippen molar-refractivity contribution < 1.29 is 14.3 Å². The van der Waals surface area contributed by atoms with Crippen molar-refractivity contribution in [3.8, 4) is 5.75 Å². The maximum atomic E-state index is 12.4. The molecule has 1 saturated heterocycles. The van der Waals surface area contributed by atoms with Crippen LogP contribution in [-0.4, -0.2) is 48.4 Å². The summed E-state index contributed by atoms with van der Waals surface area (Å²) in [7, 11) is 0. The highest BCUT2D eigenvalue weighted by atomic mass is 16.5. The highest BCUT2D eigenvalue weighted by Gasteiger charge is 2.27. The van der Waals surface area contributed by atoms with Crippen LogP contribution in [0.5, 0.6) is 5.75 Å². The number of carbonyl (C=O) groups excluding carboxylic acids is 2. The Labute approximate surface area is 125 Å². The lowest BCUT2D eigenvalue weighted by Gasteiger charge is -2.35. The first-order valence-corrected chi connectivity index (χ1v) is 7.28. The van der Waals surface area contributed by atoms with E-state index in [-0.39, 0.29) is 17.7 Å². The van der Waals surface area contributed by atoms with Crippen molar-refractivity contribution in [3.05, 3.63) is 29.8 Å². The van der Waals surface area contributed by atoms with Gasteiger partial charge in [-0.05, 0) is 32.9 Å². The molecule has 5 nitrogen and oxygen atoms in total. The summed E-state index contributed by atoms with van der Waals surface area (Å²) in [6.45, 7) is 7.59. The van der Waals surface area contributed by atoms with Crippen molar-refractivity contribution in [2.45, 2.75) is 32.9 Å². The topological polar surface area (TPSA) is 58.6 Å². The van der Waals surface area contributed by atoms with E-state index in [1.54, 1.807) is 31.2 Å². The summed E-state index contributed by atoms with van der Waals surface area (Å²) in [5, 5.41) is 3.26. The Balaban J connectivity index is 2.03. The van der Waals surface area contributed by atoms with Gasteiger partial charge in [0.05, 0.1) is 0 Å². The summed E-state index contributed by atoms with van der Waals surface area (Å²) in [4.78, 5) is 25.7. The zero-order valence-electron chi connectivity index (χ0n) is 12.8. The van der Waals surface area contributed by atoms with Crippen molar-refractivity contribution >= 4 is 11.7 Å². The third-order valence-electron chi connectivity index (χ3n) is 3.69. The fourth-order valence-corrected chi connectivity index (χ4v) is 2.44. The molecule has 1 N–H and O–H groups in total. The van der Waals surface area contributed by atoms with Gasteiger partial charge in [0.15, 0.2) is 11.9 Å². The normalized spacial score (nSPS) is 20.0. The first-order valence-electron chi connectivity index (χ1n) is 7.28. The summed E-state index contributed by atoms with van der Waals surface area (Å²) in [6.07, 6.45) is -0.562. The van der Waals surface area contributed by atoms with E-state index in [9.17, 15) is 9.59 Å². The highest BCUT2D eigenvalue weighted by Crippen LogP contribution is 2.17. The van der Waals surface area contributed by atoms with E-state index in [2.05, 4.69) is 5.32 Å². The van der Waals surface area contributed by atoms with Crippen molar-refractivity contribution in [3.63, 3.8) is 0 Å². The van der Waals surface area contributed by atoms with Crippen LogP contribution in [0.1, 0.15) is 31.1 Å². The summed E-state index contributed by atoms with van der Waals surface area (Å²) in [5.74, 6) is 0.513. The van der Waals surface area contributed by atoms with E-state index in [4.69, 9.17) is 4.74 Å². The van der Waals surface area contributed by atoms with Gasteiger partial charge < -0.3 is 15.0 Å². The van der Waals surface area contributed by atoms with Crippen molar-refractivity contribution in [1.29, 1.82) is 0 Å². The zero-order valence-corrected chi connectivity index (χ0v) is 12.8. The molecule has 0 aromatic heterocycles. The third-order valence-corrected chi connectivity index (χ3v) is 3.69. The monoisotopic (exact) mass is 290 g/mol. The van der Waals surface area contributed by atoms with Gasteiger partial charge in [-0.2, -0.15) is 0 Å². The molecule has 0 bridgehead atoms. The molecule has 114 valence electrons. The van der Waals surface area contributed by atoms with Gasteiger partial charge in [-0.25, -0.2) is 0 Å². The lowest BCUT2D eigenvalue weighted by atomic mass is 10.1. The summed E-state index contributed by atoms with van der Waals surface area (Å²) in [6, 6.07) is 7.10. The van der Waals surface area contributed by atoms with Crippen LogP contribution in [0.2, 0.25) is 0 Å². The largest absolute Gasteiger partial charge is 0.481 e. The summed E-state index contributed by atoms with van der Waals surface area (Å²) < 4.78 is 5.70. The number of amides is 1. The van der Waals surface area contributed by atoms with Crippen LogP contribution >= 0.6 is 0 Å². The number of piperazine rings is 1. The van der Waals surface area contributed by atoms with E-state index in [1.165, 1.54) is 6.92 Å². The number of hydrogen-bond donors (Lipinski definition) is 1. The lowest BCUT2D eigenvalue weighted by Crippen LogP contribution is -2.55. The molecule has 0 spiro atoms. The summed E-state index contributed by atoms with van der Waals surface area (Å²) >= 11 is 0. The first kappa shape index (κ1) is 15.5. The van der Waals surface area contributed by atoms with E-state index in [1.807, 2.05) is 11.8 Å². The Morgan fingerprint density at radius 3 is 2.86 bits per heavy atom. The van der Waals surface area contributed by atoms with Crippen molar-refractivity contribution in [1.82, 2.24) is 10.2 Å². The smallest absolute Gasteiger partial charge is 0.263 e. The fraction of sp³-hybridized carbons (Fsp3) is 0.500. The van der Waals surface area contributed by atoms with E-state index in [0.29, 0.717) is 17.9 Å².